The highest BCUT2D eigenvalue weighted by molar-refractivity contribution is 5.78. The quantitative estimate of drug-likeness (QED) is 0.369. The second-order valence-corrected chi connectivity index (χ2v) is 5.53. The van der Waals surface area contributed by atoms with Crippen LogP contribution in [-0.2, 0) is 23.7 Å². The molecule has 0 aliphatic carbocycles. The lowest BCUT2D eigenvalue weighted by atomic mass is 10.1. The number of cyclic esters (lactones) is 1. The van der Waals surface area contributed by atoms with E-state index in [9.17, 15) is 4.79 Å². The van der Waals surface area contributed by atoms with E-state index in [1.54, 1.807) is 0 Å². The van der Waals surface area contributed by atoms with Gasteiger partial charge in [0.15, 0.2) is 11.9 Å². The van der Waals surface area contributed by atoms with Gasteiger partial charge in [-0.25, -0.2) is 4.79 Å². The molecular weight excluding hydrogens is 236 g/mol. The van der Waals surface area contributed by atoms with Crippen LogP contribution in [0.2, 0.25) is 0 Å². The minimum absolute atomic E-state index is 0.0886. The second kappa shape index (κ2) is 4.05. The molecule has 3 aliphatic heterocycles. The van der Waals surface area contributed by atoms with Crippen LogP contribution >= 0.6 is 0 Å². The molecule has 0 aromatic carbocycles. The molecule has 0 aromatic rings. The number of rotatable bonds is 0. The van der Waals surface area contributed by atoms with Gasteiger partial charge in [0.1, 0.15) is 18.3 Å². The number of epoxide rings is 1. The summed E-state index contributed by atoms with van der Waals surface area (Å²) in [5.74, 6) is -0.880. The summed E-state index contributed by atoms with van der Waals surface area (Å²) in [4.78, 5) is 11.7. The molecule has 0 saturated carbocycles. The van der Waals surface area contributed by atoms with E-state index < -0.39 is 11.9 Å². The van der Waals surface area contributed by atoms with Crippen molar-refractivity contribution in [2.24, 2.45) is 0 Å². The summed E-state index contributed by atoms with van der Waals surface area (Å²) in [7, 11) is 0. The van der Waals surface area contributed by atoms with Crippen LogP contribution in [0.25, 0.3) is 0 Å². The van der Waals surface area contributed by atoms with Crippen molar-refractivity contribution in [3.8, 4) is 0 Å². The smallest absolute Gasteiger partial charge is 0.338 e. The number of carbonyl (C=O) groups is 1. The molecule has 18 heavy (non-hydrogen) atoms. The molecule has 3 heterocycles. The third-order valence-corrected chi connectivity index (χ3v) is 3.35. The molecule has 100 valence electrons. The molecule has 0 amide bonds. The maximum absolute atomic E-state index is 11.7. The number of hydrogen-bond acceptors (Lipinski definition) is 5. The Labute approximate surface area is 106 Å². The molecule has 2 fully saturated rings. The number of esters is 1. The van der Waals surface area contributed by atoms with Crippen LogP contribution in [0, 0.1) is 0 Å². The Bertz CT molecular complexity index is 389. The minimum atomic E-state index is -0.596. The Hall–Kier alpha value is -0.910. The first-order valence-corrected chi connectivity index (χ1v) is 6.34. The van der Waals surface area contributed by atoms with Gasteiger partial charge in [-0.15, -0.1) is 0 Å². The lowest BCUT2D eigenvalue weighted by Crippen LogP contribution is -2.30. The zero-order chi connectivity index (χ0) is 12.9. The topological polar surface area (TPSA) is 57.3 Å². The molecule has 5 heteroatoms. The normalized spacial score (nSPS) is 47.7. The molecule has 0 unspecified atom stereocenters. The van der Waals surface area contributed by atoms with Crippen LogP contribution < -0.4 is 0 Å². The van der Waals surface area contributed by atoms with E-state index in [0.717, 1.165) is 0 Å². The zero-order valence-corrected chi connectivity index (χ0v) is 10.8. The van der Waals surface area contributed by atoms with Crippen molar-refractivity contribution in [1.82, 2.24) is 0 Å². The van der Waals surface area contributed by atoms with E-state index in [2.05, 4.69) is 0 Å². The fourth-order valence-electron chi connectivity index (χ4n) is 2.53. The van der Waals surface area contributed by atoms with Crippen LogP contribution in [0.15, 0.2) is 12.2 Å². The molecule has 5 nitrogen and oxygen atoms in total. The van der Waals surface area contributed by atoms with Gasteiger partial charge in [0, 0.05) is 6.42 Å². The van der Waals surface area contributed by atoms with E-state index in [1.165, 1.54) is 0 Å². The molecule has 0 aromatic heterocycles. The van der Waals surface area contributed by atoms with Crippen LogP contribution in [0.4, 0.5) is 0 Å². The number of hydrogen-bond donors (Lipinski definition) is 0. The molecule has 2 saturated heterocycles. The van der Waals surface area contributed by atoms with Gasteiger partial charge >= 0.3 is 5.97 Å². The average molecular weight is 254 g/mol. The first-order valence-electron chi connectivity index (χ1n) is 6.34. The van der Waals surface area contributed by atoms with Crippen molar-refractivity contribution < 1.29 is 23.7 Å². The van der Waals surface area contributed by atoms with Gasteiger partial charge in [0.2, 0.25) is 0 Å². The summed E-state index contributed by atoms with van der Waals surface area (Å²) < 4.78 is 22.2. The Morgan fingerprint density at radius 3 is 2.72 bits per heavy atom. The first kappa shape index (κ1) is 12.1. The zero-order valence-electron chi connectivity index (χ0n) is 10.8. The van der Waals surface area contributed by atoms with E-state index in [-0.39, 0.29) is 30.4 Å². The number of ether oxygens (including phenoxy) is 4. The molecule has 3 rings (SSSR count). The lowest BCUT2D eigenvalue weighted by Gasteiger charge is -2.20. The largest absolute Gasteiger partial charge is 0.461 e. The van der Waals surface area contributed by atoms with E-state index >= 15 is 0 Å². The summed E-state index contributed by atoms with van der Waals surface area (Å²) in [6.07, 6.45) is 3.44. The highest BCUT2D eigenvalue weighted by Crippen LogP contribution is 2.34. The summed E-state index contributed by atoms with van der Waals surface area (Å²) >= 11 is 0. The predicted molar refractivity (Wildman–Crippen MR) is 61.8 cm³/mol. The summed E-state index contributed by atoms with van der Waals surface area (Å²) in [6, 6.07) is 0. The van der Waals surface area contributed by atoms with Crippen LogP contribution in [0.3, 0.4) is 0 Å². The van der Waals surface area contributed by atoms with Gasteiger partial charge in [-0.2, -0.15) is 0 Å². The minimum Gasteiger partial charge on any atom is -0.461 e. The molecule has 3 aliphatic rings. The van der Waals surface area contributed by atoms with Crippen molar-refractivity contribution in [3.05, 3.63) is 12.2 Å². The van der Waals surface area contributed by atoms with Crippen molar-refractivity contribution in [1.29, 1.82) is 0 Å². The number of carbonyl (C=O) groups excluding carboxylic acids is 1. The Kier molecular flexibility index (Phi) is 2.73. The van der Waals surface area contributed by atoms with Gasteiger partial charge in [0.05, 0.1) is 6.10 Å². The van der Waals surface area contributed by atoms with Crippen LogP contribution in [-0.4, -0.2) is 42.3 Å². The average Bonchev–Trinajstić information content (AvgIpc) is 2.95. The highest BCUT2D eigenvalue weighted by Gasteiger charge is 2.48. The third kappa shape index (κ3) is 2.30. The van der Waals surface area contributed by atoms with Crippen molar-refractivity contribution >= 4 is 5.97 Å². The van der Waals surface area contributed by atoms with Crippen LogP contribution in [0.5, 0.6) is 0 Å². The highest BCUT2D eigenvalue weighted by atomic mass is 16.8. The maximum atomic E-state index is 11.7. The summed E-state index contributed by atoms with van der Waals surface area (Å²) in [6.45, 7) is 5.65. The Morgan fingerprint density at radius 2 is 1.94 bits per heavy atom. The monoisotopic (exact) mass is 254 g/mol. The molecule has 0 bridgehead atoms. The number of fused-ring (bicyclic) bond motifs is 2. The first-order chi connectivity index (χ1) is 8.44. The Morgan fingerprint density at radius 1 is 1.22 bits per heavy atom. The summed E-state index contributed by atoms with van der Waals surface area (Å²) in [5, 5.41) is 0. The van der Waals surface area contributed by atoms with E-state index in [1.807, 2.05) is 32.9 Å². The SMILES string of the molecule is C[C@@H]1C[C@H]2OC(C)(C)O[C@H]2/C=C/[C@@H]2O[C@@H]2C(=O)O1. The van der Waals surface area contributed by atoms with Gasteiger partial charge in [-0.3, -0.25) is 0 Å². The van der Waals surface area contributed by atoms with Gasteiger partial charge in [0.25, 0.3) is 0 Å². The Balaban J connectivity index is 1.80. The predicted octanol–water partition coefficient (Wildman–Crippen LogP) is 1.17. The van der Waals surface area contributed by atoms with Gasteiger partial charge in [-0.05, 0) is 20.8 Å². The third-order valence-electron chi connectivity index (χ3n) is 3.35. The van der Waals surface area contributed by atoms with Crippen molar-refractivity contribution in [3.63, 3.8) is 0 Å². The fourth-order valence-corrected chi connectivity index (χ4v) is 2.53. The van der Waals surface area contributed by atoms with Crippen molar-refractivity contribution in [2.75, 3.05) is 0 Å². The summed E-state index contributed by atoms with van der Waals surface area (Å²) in [5.41, 5.74) is 0. The fraction of sp³-hybridized carbons (Fsp3) is 0.769. The maximum Gasteiger partial charge on any atom is 0.338 e. The molecular formula is C13H18O5. The second-order valence-electron chi connectivity index (χ2n) is 5.53. The van der Waals surface area contributed by atoms with Gasteiger partial charge < -0.3 is 18.9 Å². The van der Waals surface area contributed by atoms with E-state index in [0.29, 0.717) is 6.42 Å². The van der Waals surface area contributed by atoms with E-state index in [4.69, 9.17) is 18.9 Å². The molecule has 5 atom stereocenters. The molecule has 0 N–H and O–H groups in total. The standard InChI is InChI=1S/C13H18O5/c1-7-6-10-8(17-13(2,3)18-10)4-5-9-11(16-9)12(14)15-7/h4-5,7-11H,6H2,1-3H3/b5-4+/t7-,8+,9+,10-,11+/m1/s1. The molecule has 0 spiro atoms. The molecule has 0 radical (unpaired) electrons. The van der Waals surface area contributed by atoms with Gasteiger partial charge in [-0.1, -0.05) is 12.2 Å². The van der Waals surface area contributed by atoms with Crippen LogP contribution in [0.1, 0.15) is 27.2 Å². The lowest BCUT2D eigenvalue weighted by molar-refractivity contribution is -0.155. The van der Waals surface area contributed by atoms with Crippen molar-refractivity contribution in [2.45, 2.75) is 63.5 Å².